The first kappa shape index (κ1) is 27.8. The van der Waals surface area contributed by atoms with Gasteiger partial charge >= 0.3 is 0 Å². The van der Waals surface area contributed by atoms with Crippen LogP contribution in [0.3, 0.4) is 0 Å². The number of carbonyl (C=O) groups excluding carboxylic acids is 1. The van der Waals surface area contributed by atoms with Crippen molar-refractivity contribution in [3.63, 3.8) is 0 Å². The number of carbonyl (C=O) groups is 1. The van der Waals surface area contributed by atoms with Gasteiger partial charge in [-0.15, -0.1) is 0 Å². The smallest absolute Gasteiger partial charge is 0.258 e. The highest BCUT2D eigenvalue weighted by molar-refractivity contribution is 7.92. The van der Waals surface area contributed by atoms with Gasteiger partial charge in [0.2, 0.25) is 15.9 Å². The normalized spacial score (nSPS) is 20.6. The fourth-order valence-corrected chi connectivity index (χ4v) is 6.61. The molecule has 2 aliphatic carbocycles. The Morgan fingerprint density at radius 3 is 2.41 bits per heavy atom. The largest absolute Gasteiger partial charge is 0.395 e. The molecule has 5 rings (SSSR count). The van der Waals surface area contributed by atoms with E-state index in [0.29, 0.717) is 46.7 Å². The van der Waals surface area contributed by atoms with Gasteiger partial charge in [-0.05, 0) is 86.8 Å². The van der Waals surface area contributed by atoms with Crippen LogP contribution in [0.4, 0.5) is 26.0 Å². The fourth-order valence-electron chi connectivity index (χ4n) is 5.79. The molecular formula is C28H36F2N4O4S. The summed E-state index contributed by atoms with van der Waals surface area (Å²) in [6.45, 7) is 2.93. The zero-order chi connectivity index (χ0) is 27.8. The number of piperidine rings is 1. The van der Waals surface area contributed by atoms with Gasteiger partial charge in [0, 0.05) is 37.5 Å². The van der Waals surface area contributed by atoms with Crippen molar-refractivity contribution in [3.8, 4) is 0 Å². The number of alkyl halides is 2. The lowest BCUT2D eigenvalue weighted by Crippen LogP contribution is -2.35. The maximum Gasteiger partial charge on any atom is 0.258 e. The quantitative estimate of drug-likeness (QED) is 0.415. The van der Waals surface area contributed by atoms with Gasteiger partial charge in [-0.3, -0.25) is 9.52 Å². The molecule has 1 saturated heterocycles. The van der Waals surface area contributed by atoms with Crippen LogP contribution in [0, 0.1) is 12.3 Å². The molecule has 1 aromatic carbocycles. The number of anilines is 3. The summed E-state index contributed by atoms with van der Waals surface area (Å²) in [6.07, 6.45) is 4.89. The minimum Gasteiger partial charge on any atom is -0.395 e. The lowest BCUT2D eigenvalue weighted by atomic mass is 9.84. The van der Waals surface area contributed by atoms with E-state index in [4.69, 9.17) is 5.11 Å². The van der Waals surface area contributed by atoms with Crippen LogP contribution < -0.4 is 14.9 Å². The van der Waals surface area contributed by atoms with Crippen LogP contribution in [0.15, 0.2) is 30.3 Å². The van der Waals surface area contributed by atoms with Gasteiger partial charge in [0.15, 0.2) is 0 Å². The van der Waals surface area contributed by atoms with E-state index in [1.54, 1.807) is 18.2 Å². The van der Waals surface area contributed by atoms with E-state index in [1.165, 1.54) is 18.9 Å². The number of pyridine rings is 1. The molecule has 0 unspecified atom stereocenters. The topological polar surface area (TPSA) is 112 Å². The second-order valence-electron chi connectivity index (χ2n) is 11.4. The van der Waals surface area contributed by atoms with Gasteiger partial charge in [0.05, 0.1) is 29.3 Å². The SMILES string of the molecule is Cc1cc(NC(=O)c2ccc(NS(=O)(=O)CCO)cc2N2CCC3(CC2)CC3)nc(C2CCC(F)(F)CC2)c1. The molecule has 11 heteroatoms. The molecule has 3 fully saturated rings. The van der Waals surface area contributed by atoms with Gasteiger partial charge in [0.25, 0.3) is 5.91 Å². The second-order valence-corrected chi connectivity index (χ2v) is 13.2. The molecule has 0 atom stereocenters. The van der Waals surface area contributed by atoms with Crippen molar-refractivity contribution in [1.82, 2.24) is 4.98 Å². The Balaban J connectivity index is 1.39. The predicted molar refractivity (Wildman–Crippen MR) is 147 cm³/mol. The zero-order valence-corrected chi connectivity index (χ0v) is 23.0. The highest BCUT2D eigenvalue weighted by Crippen LogP contribution is 2.54. The number of aliphatic hydroxyl groups excluding tert-OH is 1. The summed E-state index contributed by atoms with van der Waals surface area (Å²) in [5, 5.41) is 12.0. The molecule has 2 saturated carbocycles. The lowest BCUT2D eigenvalue weighted by molar-refractivity contribution is -0.0384. The van der Waals surface area contributed by atoms with E-state index < -0.39 is 28.3 Å². The van der Waals surface area contributed by atoms with E-state index in [0.717, 1.165) is 31.5 Å². The summed E-state index contributed by atoms with van der Waals surface area (Å²) < 4.78 is 54.4. The number of halogens is 2. The number of aliphatic hydroxyl groups is 1. The number of hydrogen-bond donors (Lipinski definition) is 3. The molecular weight excluding hydrogens is 526 g/mol. The summed E-state index contributed by atoms with van der Waals surface area (Å²) in [5.74, 6) is -3.14. The van der Waals surface area contributed by atoms with Crippen molar-refractivity contribution in [3.05, 3.63) is 47.2 Å². The van der Waals surface area contributed by atoms with Crippen molar-refractivity contribution in [2.24, 2.45) is 5.41 Å². The minimum absolute atomic E-state index is 0.0786. The number of hydrogen-bond acceptors (Lipinski definition) is 6. The number of rotatable bonds is 8. The molecule has 1 spiro atoms. The Morgan fingerprint density at radius 2 is 1.77 bits per heavy atom. The highest BCUT2D eigenvalue weighted by Gasteiger charge is 2.44. The number of aromatic nitrogens is 1. The van der Waals surface area contributed by atoms with Crippen LogP contribution in [-0.4, -0.2) is 55.8 Å². The van der Waals surface area contributed by atoms with Crippen LogP contribution >= 0.6 is 0 Å². The van der Waals surface area contributed by atoms with Crippen LogP contribution in [0.5, 0.6) is 0 Å². The fraction of sp³-hybridized carbons (Fsp3) is 0.571. The number of sulfonamides is 1. The van der Waals surface area contributed by atoms with Crippen molar-refractivity contribution in [2.75, 3.05) is 40.4 Å². The number of nitrogens with one attached hydrogen (secondary N) is 2. The number of aryl methyl sites for hydroxylation is 1. The van der Waals surface area contributed by atoms with Crippen molar-refractivity contribution >= 4 is 33.1 Å². The Bertz CT molecular complexity index is 1330. The molecule has 8 nitrogen and oxygen atoms in total. The Hall–Kier alpha value is -2.79. The van der Waals surface area contributed by atoms with Gasteiger partial charge in [0.1, 0.15) is 5.82 Å². The summed E-state index contributed by atoms with van der Waals surface area (Å²) in [5.41, 5.74) is 3.37. The van der Waals surface area contributed by atoms with E-state index in [2.05, 4.69) is 19.9 Å². The maximum atomic E-state index is 13.7. The summed E-state index contributed by atoms with van der Waals surface area (Å²) in [6, 6.07) is 8.46. The summed E-state index contributed by atoms with van der Waals surface area (Å²) in [4.78, 5) is 20.3. The first-order valence-electron chi connectivity index (χ1n) is 13.6. The van der Waals surface area contributed by atoms with E-state index in [1.807, 2.05) is 13.0 Å². The molecule has 212 valence electrons. The van der Waals surface area contributed by atoms with Gasteiger partial charge < -0.3 is 15.3 Å². The third kappa shape index (κ3) is 6.69. The maximum absolute atomic E-state index is 13.7. The van der Waals surface area contributed by atoms with Crippen LogP contribution in [0.2, 0.25) is 0 Å². The highest BCUT2D eigenvalue weighted by atomic mass is 32.2. The summed E-state index contributed by atoms with van der Waals surface area (Å²) >= 11 is 0. The van der Waals surface area contributed by atoms with Crippen LogP contribution in [0.25, 0.3) is 0 Å². The molecule has 1 aromatic heterocycles. The van der Waals surface area contributed by atoms with Gasteiger partial charge in [-0.1, -0.05) is 0 Å². The lowest BCUT2D eigenvalue weighted by Gasteiger charge is -2.35. The Kier molecular flexibility index (Phi) is 7.58. The molecule has 3 N–H and O–H groups in total. The molecule has 2 heterocycles. The molecule has 2 aromatic rings. The van der Waals surface area contributed by atoms with E-state index >= 15 is 0 Å². The summed E-state index contributed by atoms with van der Waals surface area (Å²) in [7, 11) is -3.73. The molecule has 39 heavy (non-hydrogen) atoms. The predicted octanol–water partition coefficient (Wildman–Crippen LogP) is 5.05. The van der Waals surface area contributed by atoms with E-state index in [-0.39, 0.29) is 24.7 Å². The molecule has 3 aliphatic rings. The van der Waals surface area contributed by atoms with Gasteiger partial charge in [-0.25, -0.2) is 22.2 Å². The third-order valence-electron chi connectivity index (χ3n) is 8.36. The van der Waals surface area contributed by atoms with Crippen LogP contribution in [0.1, 0.15) is 78.9 Å². The Morgan fingerprint density at radius 1 is 1.08 bits per heavy atom. The molecule has 0 bridgehead atoms. The molecule has 1 amide bonds. The molecule has 0 radical (unpaired) electrons. The van der Waals surface area contributed by atoms with E-state index in [9.17, 15) is 22.0 Å². The average Bonchev–Trinajstić information content (AvgIpc) is 3.62. The number of benzene rings is 1. The first-order chi connectivity index (χ1) is 18.5. The molecule has 1 aliphatic heterocycles. The first-order valence-corrected chi connectivity index (χ1v) is 15.3. The minimum atomic E-state index is -3.73. The zero-order valence-electron chi connectivity index (χ0n) is 22.2. The Labute approximate surface area is 228 Å². The van der Waals surface area contributed by atoms with Crippen molar-refractivity contribution in [2.45, 2.75) is 70.1 Å². The standard InChI is InChI=1S/C28H36F2N4O4S/c1-19-16-23(20-4-6-28(29,30)7-5-20)31-25(17-19)32-26(36)22-3-2-21(33-39(37,38)15-14-35)18-24(22)34-12-10-27(8-9-27)11-13-34/h2-3,16-18,20,33,35H,4-15H2,1H3,(H,31,32,36). The average molecular weight is 563 g/mol. The monoisotopic (exact) mass is 562 g/mol. The second kappa shape index (κ2) is 10.6. The number of amides is 1. The van der Waals surface area contributed by atoms with Crippen molar-refractivity contribution < 1.29 is 27.1 Å². The number of nitrogens with zero attached hydrogens (tertiary/aromatic N) is 2. The van der Waals surface area contributed by atoms with Crippen molar-refractivity contribution in [1.29, 1.82) is 0 Å². The third-order valence-corrected chi connectivity index (χ3v) is 9.63. The van der Waals surface area contributed by atoms with Gasteiger partial charge in [-0.2, -0.15) is 0 Å². The van der Waals surface area contributed by atoms with Crippen LogP contribution in [-0.2, 0) is 10.0 Å².